The average Bonchev–Trinajstić information content (AvgIpc) is 3.20. The zero-order valence-corrected chi connectivity index (χ0v) is 19.3. The van der Waals surface area contributed by atoms with Crippen LogP contribution in [0.3, 0.4) is 0 Å². The molecular weight excluding hydrogens is 484 g/mol. The van der Waals surface area contributed by atoms with Gasteiger partial charge in [0, 0.05) is 10.9 Å². The fourth-order valence-electron chi connectivity index (χ4n) is 4.39. The van der Waals surface area contributed by atoms with Crippen LogP contribution in [-0.2, 0) is 0 Å². The Kier molecular flexibility index (Phi) is 4.76. The minimum absolute atomic E-state index is 0.0952. The number of hydrogen-bond acceptors (Lipinski definition) is 5. The van der Waals surface area contributed by atoms with E-state index in [9.17, 15) is 25.5 Å². The van der Waals surface area contributed by atoms with Crippen LogP contribution in [0.1, 0.15) is 0 Å². The molecule has 0 aliphatic carbocycles. The Morgan fingerprint density at radius 3 is 1.82 bits per heavy atom. The molecule has 0 spiro atoms. The molecule has 0 amide bonds. The third-order valence-electron chi connectivity index (χ3n) is 6.16. The number of rotatable bonds is 2. The molecule has 6 nitrogen and oxygen atoms in total. The molecular formula is C24H18B2BrNO5. The second-order valence-corrected chi connectivity index (χ2v) is 8.77. The van der Waals surface area contributed by atoms with Crippen molar-refractivity contribution in [2.45, 2.75) is 0 Å². The Morgan fingerprint density at radius 2 is 1.15 bits per heavy atom. The first-order chi connectivity index (χ1) is 15.8. The van der Waals surface area contributed by atoms with Gasteiger partial charge in [0.15, 0.2) is 11.5 Å². The van der Waals surface area contributed by atoms with Gasteiger partial charge < -0.3 is 30.1 Å². The third-order valence-corrected chi connectivity index (χ3v) is 6.93. The van der Waals surface area contributed by atoms with Gasteiger partial charge in [-0.15, -0.1) is 0 Å². The normalized spacial score (nSPS) is 11.4. The van der Waals surface area contributed by atoms with Crippen molar-refractivity contribution >= 4 is 64.4 Å². The minimum atomic E-state index is -0.471. The van der Waals surface area contributed by atoms with E-state index in [4.69, 9.17) is 0 Å². The van der Waals surface area contributed by atoms with Gasteiger partial charge in [0.1, 0.15) is 32.9 Å². The molecule has 33 heavy (non-hydrogen) atoms. The average molecular weight is 502 g/mol. The van der Waals surface area contributed by atoms with Crippen molar-refractivity contribution in [3.05, 3.63) is 59.1 Å². The summed E-state index contributed by atoms with van der Waals surface area (Å²) in [6.45, 7) is 0. The molecule has 0 aliphatic heterocycles. The maximum absolute atomic E-state index is 11.2. The van der Waals surface area contributed by atoms with Gasteiger partial charge in [-0.1, -0.05) is 48.5 Å². The maximum atomic E-state index is 11.2. The molecule has 0 saturated heterocycles. The van der Waals surface area contributed by atoms with Gasteiger partial charge in [-0.05, 0) is 38.5 Å². The van der Waals surface area contributed by atoms with Crippen LogP contribution in [0.15, 0.2) is 59.1 Å². The summed E-state index contributed by atoms with van der Waals surface area (Å²) in [5.74, 6) is -1.58. The van der Waals surface area contributed by atoms with Gasteiger partial charge in [0.05, 0.1) is 26.6 Å². The summed E-state index contributed by atoms with van der Waals surface area (Å²) in [4.78, 5) is 0. The lowest BCUT2D eigenvalue weighted by molar-refractivity contribution is 0.406. The quantitative estimate of drug-likeness (QED) is 0.145. The van der Waals surface area contributed by atoms with E-state index in [0.717, 1.165) is 11.1 Å². The Balaban J connectivity index is 2.11. The van der Waals surface area contributed by atoms with Crippen LogP contribution in [0.25, 0.3) is 38.6 Å². The number of aromatic nitrogens is 1. The van der Waals surface area contributed by atoms with Gasteiger partial charge in [-0.25, -0.2) is 0 Å². The largest absolute Gasteiger partial charge is 0.507 e. The monoisotopic (exact) mass is 501 g/mol. The van der Waals surface area contributed by atoms with Crippen LogP contribution < -0.4 is 10.9 Å². The molecule has 0 unspecified atom stereocenters. The van der Waals surface area contributed by atoms with Gasteiger partial charge in [-0.3, -0.25) is 0 Å². The van der Waals surface area contributed by atoms with Gasteiger partial charge in [0.2, 0.25) is 0 Å². The van der Waals surface area contributed by atoms with Crippen molar-refractivity contribution in [1.82, 2.24) is 4.57 Å². The molecule has 0 saturated carbocycles. The fraction of sp³-hybridized carbons (Fsp3) is 0. The number of phenolic OH excluding ortho intramolecular Hbond substituents is 5. The molecule has 162 valence electrons. The number of aromatic hydroxyl groups is 5. The maximum Gasteiger partial charge on any atom is 0.167 e. The lowest BCUT2D eigenvalue weighted by Crippen LogP contribution is -2.08. The number of phenols is 5. The molecule has 5 N–H and O–H groups in total. The number of halogens is 1. The summed E-state index contributed by atoms with van der Waals surface area (Å²) in [7, 11) is 3.06. The highest BCUT2D eigenvalue weighted by molar-refractivity contribution is 9.10. The standard InChI is InChI=1S/C24H18B2BrNO5/c25-15-21(30)17(27)13-14-19(23(32)16(26)24(33)20(14)29)28(18(13)22(15)31)12-9-5-4-8-11(12)10-6-2-1-3-7-10/h1-9,29-33H,25-26H2. The van der Waals surface area contributed by atoms with Gasteiger partial charge in [-0.2, -0.15) is 0 Å². The number of fused-ring (bicyclic) bond motifs is 3. The van der Waals surface area contributed by atoms with Crippen molar-refractivity contribution in [1.29, 1.82) is 0 Å². The first-order valence-electron chi connectivity index (χ1n) is 10.2. The molecule has 5 aromatic rings. The van der Waals surface area contributed by atoms with E-state index >= 15 is 0 Å². The van der Waals surface area contributed by atoms with Crippen LogP contribution in [0.4, 0.5) is 0 Å². The molecule has 1 aromatic heterocycles. The smallest absolute Gasteiger partial charge is 0.167 e. The summed E-state index contributed by atoms with van der Waals surface area (Å²) in [6.07, 6.45) is 0. The van der Waals surface area contributed by atoms with Gasteiger partial charge >= 0.3 is 0 Å². The number of hydrogen-bond donors (Lipinski definition) is 5. The van der Waals surface area contributed by atoms with Crippen LogP contribution in [0, 0.1) is 0 Å². The summed E-state index contributed by atoms with van der Waals surface area (Å²) in [5.41, 5.74) is 3.16. The lowest BCUT2D eigenvalue weighted by atomic mass is 9.90. The molecule has 0 radical (unpaired) electrons. The summed E-state index contributed by atoms with van der Waals surface area (Å²) >= 11 is 3.39. The van der Waals surface area contributed by atoms with E-state index in [1.807, 2.05) is 54.6 Å². The molecule has 0 aliphatic rings. The lowest BCUT2D eigenvalue weighted by Gasteiger charge is -2.16. The van der Waals surface area contributed by atoms with Crippen molar-refractivity contribution in [2.75, 3.05) is 0 Å². The zero-order chi connectivity index (χ0) is 23.6. The van der Waals surface area contributed by atoms with Crippen LogP contribution in [0.5, 0.6) is 28.7 Å². The molecule has 0 bridgehead atoms. The zero-order valence-electron chi connectivity index (χ0n) is 17.8. The van der Waals surface area contributed by atoms with Crippen LogP contribution in [0.2, 0.25) is 0 Å². The topological polar surface area (TPSA) is 106 Å². The Morgan fingerprint density at radius 1 is 0.606 bits per heavy atom. The summed E-state index contributed by atoms with van der Waals surface area (Å²) in [5, 5.41) is 54.7. The van der Waals surface area contributed by atoms with E-state index in [1.54, 1.807) is 12.4 Å². The Hall–Kier alpha value is -3.71. The molecule has 4 aromatic carbocycles. The Bertz CT molecular complexity index is 1520. The van der Waals surface area contributed by atoms with E-state index < -0.39 is 11.5 Å². The van der Waals surface area contributed by atoms with Crippen molar-refractivity contribution in [2.24, 2.45) is 0 Å². The van der Waals surface area contributed by atoms with E-state index in [1.165, 1.54) is 7.85 Å². The van der Waals surface area contributed by atoms with Crippen molar-refractivity contribution in [3.8, 4) is 45.6 Å². The number of nitrogens with zero attached hydrogens (tertiary/aromatic N) is 1. The first-order valence-corrected chi connectivity index (χ1v) is 11.0. The van der Waals surface area contributed by atoms with Gasteiger partial charge in [0.25, 0.3) is 0 Å². The highest BCUT2D eigenvalue weighted by Crippen LogP contribution is 2.51. The fourth-order valence-corrected chi connectivity index (χ4v) is 5.08. The van der Waals surface area contributed by atoms with E-state index in [0.29, 0.717) is 5.69 Å². The highest BCUT2D eigenvalue weighted by atomic mass is 79.9. The highest BCUT2D eigenvalue weighted by Gasteiger charge is 2.29. The molecule has 1 heterocycles. The minimum Gasteiger partial charge on any atom is -0.507 e. The molecule has 0 atom stereocenters. The van der Waals surface area contributed by atoms with Crippen molar-refractivity contribution < 1.29 is 25.5 Å². The van der Waals surface area contributed by atoms with Crippen LogP contribution in [-0.4, -0.2) is 45.8 Å². The summed E-state index contributed by atoms with van der Waals surface area (Å²) < 4.78 is 1.88. The number of para-hydroxylation sites is 1. The predicted molar refractivity (Wildman–Crippen MR) is 139 cm³/mol. The Labute approximate surface area is 198 Å². The second kappa shape index (κ2) is 7.42. The van der Waals surface area contributed by atoms with Crippen molar-refractivity contribution in [3.63, 3.8) is 0 Å². The first kappa shape index (κ1) is 21.2. The second-order valence-electron chi connectivity index (χ2n) is 7.97. The molecule has 5 rings (SSSR count). The molecule has 9 heteroatoms. The number of benzene rings is 4. The van der Waals surface area contributed by atoms with E-state index in [-0.39, 0.29) is 54.5 Å². The van der Waals surface area contributed by atoms with Crippen LogP contribution >= 0.6 is 15.9 Å². The third kappa shape index (κ3) is 2.82. The molecule has 0 fully saturated rings. The van der Waals surface area contributed by atoms with E-state index in [2.05, 4.69) is 15.9 Å². The summed E-state index contributed by atoms with van der Waals surface area (Å²) in [6, 6.07) is 17.1. The predicted octanol–water partition coefficient (Wildman–Crippen LogP) is 2.26. The SMILES string of the molecule is Bc1c(O)c(O)c2c3c(Br)c(O)c(B)c(O)c3n(-c3ccccc3-c3ccccc3)c2c1O.